The zero-order valence-corrected chi connectivity index (χ0v) is 9.88. The zero-order valence-electron chi connectivity index (χ0n) is 9.88. The monoisotopic (exact) mass is 226 g/mol. The molecule has 3 aromatic rings. The highest BCUT2D eigenvalue weighted by atomic mass is 15.3. The number of aromatic nitrogens is 4. The lowest BCUT2D eigenvalue weighted by atomic mass is 10.1. The van der Waals surface area contributed by atoms with E-state index < -0.39 is 0 Å². The van der Waals surface area contributed by atoms with Crippen LogP contribution in [-0.2, 0) is 0 Å². The van der Waals surface area contributed by atoms with Crippen LogP contribution in [0.15, 0.2) is 36.9 Å². The van der Waals surface area contributed by atoms with Gasteiger partial charge in [-0.3, -0.25) is 4.68 Å². The van der Waals surface area contributed by atoms with Crippen molar-refractivity contribution in [3.05, 3.63) is 36.9 Å². The Morgan fingerprint density at radius 1 is 1.24 bits per heavy atom. The van der Waals surface area contributed by atoms with Gasteiger partial charge >= 0.3 is 0 Å². The lowest BCUT2D eigenvalue weighted by molar-refractivity contribution is 0.532. The van der Waals surface area contributed by atoms with Crippen LogP contribution in [0.4, 0.5) is 0 Å². The Bertz CT molecular complexity index is 648. The molecule has 0 atom stereocenters. The molecule has 86 valence electrons. The fourth-order valence-electron chi connectivity index (χ4n) is 1.87. The Kier molecular flexibility index (Phi) is 2.21. The minimum Gasteiger partial charge on any atom is -0.346 e. The summed E-state index contributed by atoms with van der Waals surface area (Å²) in [5.74, 6) is 0. The summed E-state index contributed by atoms with van der Waals surface area (Å²) < 4.78 is 1.96. The van der Waals surface area contributed by atoms with Crippen molar-refractivity contribution < 1.29 is 0 Å². The highest BCUT2D eigenvalue weighted by molar-refractivity contribution is 5.80. The SMILES string of the molecule is CC(C)n1cc(-c2cnc3[nH]ccc3c2)cn1. The number of nitrogens with one attached hydrogen (secondary N) is 1. The molecule has 0 unspecified atom stereocenters. The maximum absolute atomic E-state index is 4.38. The first-order chi connectivity index (χ1) is 8.24. The average Bonchev–Trinajstić information content (AvgIpc) is 2.97. The molecule has 1 N–H and O–H groups in total. The average molecular weight is 226 g/mol. The van der Waals surface area contributed by atoms with E-state index in [0.717, 1.165) is 22.2 Å². The van der Waals surface area contributed by atoms with E-state index in [9.17, 15) is 0 Å². The summed E-state index contributed by atoms with van der Waals surface area (Å²) in [5.41, 5.74) is 3.13. The number of H-pyrrole nitrogens is 1. The van der Waals surface area contributed by atoms with E-state index >= 15 is 0 Å². The molecule has 0 aliphatic heterocycles. The maximum Gasteiger partial charge on any atom is 0.137 e. The Morgan fingerprint density at radius 3 is 2.88 bits per heavy atom. The molecule has 3 heterocycles. The maximum atomic E-state index is 4.38. The highest BCUT2D eigenvalue weighted by Gasteiger charge is 2.05. The summed E-state index contributed by atoms with van der Waals surface area (Å²) in [5, 5.41) is 5.47. The van der Waals surface area contributed by atoms with Crippen LogP contribution >= 0.6 is 0 Å². The molecule has 0 bridgehead atoms. The van der Waals surface area contributed by atoms with Crippen molar-refractivity contribution in [1.82, 2.24) is 19.7 Å². The number of pyridine rings is 1. The lowest BCUT2D eigenvalue weighted by Crippen LogP contribution is -1.99. The Labute approximate surface area is 99.3 Å². The Morgan fingerprint density at radius 2 is 2.12 bits per heavy atom. The van der Waals surface area contributed by atoms with Gasteiger partial charge in [-0.05, 0) is 26.0 Å². The summed E-state index contributed by atoms with van der Waals surface area (Å²) in [6.45, 7) is 4.23. The molecule has 4 heteroatoms. The fourth-order valence-corrected chi connectivity index (χ4v) is 1.87. The van der Waals surface area contributed by atoms with Gasteiger partial charge in [-0.25, -0.2) is 4.98 Å². The van der Waals surface area contributed by atoms with Crippen LogP contribution in [-0.4, -0.2) is 19.7 Å². The second kappa shape index (κ2) is 3.73. The van der Waals surface area contributed by atoms with Gasteiger partial charge in [0.1, 0.15) is 5.65 Å². The van der Waals surface area contributed by atoms with Crippen LogP contribution in [0.2, 0.25) is 0 Å². The number of hydrogen-bond donors (Lipinski definition) is 1. The van der Waals surface area contributed by atoms with Gasteiger partial charge < -0.3 is 4.98 Å². The van der Waals surface area contributed by atoms with E-state index in [0.29, 0.717) is 6.04 Å². The number of rotatable bonds is 2. The first kappa shape index (κ1) is 10.1. The van der Waals surface area contributed by atoms with Gasteiger partial charge in [0.05, 0.1) is 6.20 Å². The molecule has 0 aromatic carbocycles. The minimum atomic E-state index is 0.382. The molecular formula is C13H14N4. The largest absolute Gasteiger partial charge is 0.346 e. The van der Waals surface area contributed by atoms with E-state index in [1.807, 2.05) is 29.3 Å². The van der Waals surface area contributed by atoms with Crippen LogP contribution in [0.25, 0.3) is 22.2 Å². The van der Waals surface area contributed by atoms with Crippen LogP contribution in [0.3, 0.4) is 0 Å². The summed E-state index contributed by atoms with van der Waals surface area (Å²) in [6.07, 6.45) is 7.72. The molecule has 3 rings (SSSR count). The molecular weight excluding hydrogens is 212 g/mol. The van der Waals surface area contributed by atoms with Gasteiger partial charge in [0, 0.05) is 41.1 Å². The molecule has 0 saturated carbocycles. The summed E-state index contributed by atoms with van der Waals surface area (Å²) in [7, 11) is 0. The first-order valence-corrected chi connectivity index (χ1v) is 5.72. The van der Waals surface area contributed by atoms with Crippen molar-refractivity contribution in [3.63, 3.8) is 0 Å². The highest BCUT2D eigenvalue weighted by Crippen LogP contribution is 2.22. The third kappa shape index (κ3) is 1.71. The third-order valence-corrected chi connectivity index (χ3v) is 2.86. The lowest BCUT2D eigenvalue weighted by Gasteiger charge is -2.03. The van der Waals surface area contributed by atoms with Crippen LogP contribution in [0.5, 0.6) is 0 Å². The summed E-state index contributed by atoms with van der Waals surface area (Å²) >= 11 is 0. The molecule has 0 fully saturated rings. The Hall–Kier alpha value is -2.10. The number of hydrogen-bond acceptors (Lipinski definition) is 2. The number of aromatic amines is 1. The van der Waals surface area contributed by atoms with Crippen LogP contribution < -0.4 is 0 Å². The van der Waals surface area contributed by atoms with Crippen molar-refractivity contribution in [3.8, 4) is 11.1 Å². The van der Waals surface area contributed by atoms with E-state index in [1.165, 1.54) is 0 Å². The van der Waals surface area contributed by atoms with Crippen molar-refractivity contribution in [2.75, 3.05) is 0 Å². The van der Waals surface area contributed by atoms with Crippen molar-refractivity contribution >= 4 is 11.0 Å². The molecule has 0 saturated heterocycles. The molecule has 0 spiro atoms. The van der Waals surface area contributed by atoms with Crippen LogP contribution in [0, 0.1) is 0 Å². The predicted molar refractivity (Wildman–Crippen MR) is 67.7 cm³/mol. The normalized spacial score (nSPS) is 11.5. The fraction of sp³-hybridized carbons (Fsp3) is 0.231. The number of nitrogens with zero attached hydrogens (tertiary/aromatic N) is 3. The smallest absolute Gasteiger partial charge is 0.137 e. The van der Waals surface area contributed by atoms with Gasteiger partial charge in [0.2, 0.25) is 0 Å². The van der Waals surface area contributed by atoms with Gasteiger partial charge in [-0.15, -0.1) is 0 Å². The summed E-state index contributed by atoms with van der Waals surface area (Å²) in [6, 6.07) is 4.53. The number of fused-ring (bicyclic) bond motifs is 1. The quantitative estimate of drug-likeness (QED) is 0.730. The van der Waals surface area contributed by atoms with Crippen LogP contribution in [0.1, 0.15) is 19.9 Å². The third-order valence-electron chi connectivity index (χ3n) is 2.86. The molecule has 17 heavy (non-hydrogen) atoms. The molecule has 0 aliphatic rings. The minimum absolute atomic E-state index is 0.382. The Balaban J connectivity index is 2.06. The topological polar surface area (TPSA) is 46.5 Å². The molecule has 0 radical (unpaired) electrons. The molecule has 4 nitrogen and oxygen atoms in total. The van der Waals surface area contributed by atoms with Crippen molar-refractivity contribution in [2.45, 2.75) is 19.9 Å². The van der Waals surface area contributed by atoms with E-state index in [2.05, 4.69) is 41.2 Å². The first-order valence-electron chi connectivity index (χ1n) is 5.72. The second-order valence-electron chi connectivity index (χ2n) is 4.44. The zero-order chi connectivity index (χ0) is 11.8. The molecule has 0 amide bonds. The van der Waals surface area contributed by atoms with Gasteiger partial charge in [-0.1, -0.05) is 0 Å². The summed E-state index contributed by atoms with van der Waals surface area (Å²) in [4.78, 5) is 7.47. The van der Waals surface area contributed by atoms with Crippen molar-refractivity contribution in [1.29, 1.82) is 0 Å². The molecule has 3 aromatic heterocycles. The van der Waals surface area contributed by atoms with E-state index in [1.54, 1.807) is 0 Å². The van der Waals surface area contributed by atoms with Gasteiger partial charge in [-0.2, -0.15) is 5.10 Å². The standard InChI is InChI=1S/C13H14N4/c1-9(2)17-8-12(7-16-17)11-5-10-3-4-14-13(10)15-6-11/h3-9H,1-2H3,(H,14,15). The van der Waals surface area contributed by atoms with E-state index in [4.69, 9.17) is 0 Å². The van der Waals surface area contributed by atoms with E-state index in [-0.39, 0.29) is 0 Å². The van der Waals surface area contributed by atoms with Gasteiger partial charge in [0.15, 0.2) is 0 Å². The van der Waals surface area contributed by atoms with Gasteiger partial charge in [0.25, 0.3) is 0 Å². The van der Waals surface area contributed by atoms with Crippen molar-refractivity contribution in [2.24, 2.45) is 0 Å². The predicted octanol–water partition coefficient (Wildman–Crippen LogP) is 3.01. The second-order valence-corrected chi connectivity index (χ2v) is 4.44. The molecule has 0 aliphatic carbocycles.